The van der Waals surface area contributed by atoms with Crippen molar-refractivity contribution in [2.24, 2.45) is 0 Å². The minimum atomic E-state index is -0.487. The van der Waals surface area contributed by atoms with Crippen molar-refractivity contribution in [1.29, 1.82) is 0 Å². The van der Waals surface area contributed by atoms with Crippen LogP contribution in [0.1, 0.15) is 12.5 Å². The second-order valence-corrected chi connectivity index (χ2v) is 8.16. The summed E-state index contributed by atoms with van der Waals surface area (Å²) < 4.78 is 7.42. The Kier molecular flexibility index (Phi) is 5.83. The van der Waals surface area contributed by atoms with Gasteiger partial charge in [0.05, 0.1) is 22.1 Å². The van der Waals surface area contributed by atoms with Crippen LogP contribution < -0.4 is 10.1 Å². The van der Waals surface area contributed by atoms with Gasteiger partial charge in [-0.3, -0.25) is 14.9 Å². The quantitative estimate of drug-likeness (QED) is 0.257. The van der Waals surface area contributed by atoms with Gasteiger partial charge in [0.1, 0.15) is 10.0 Å². The zero-order valence-electron chi connectivity index (χ0n) is 16.3. The van der Waals surface area contributed by atoms with Crippen LogP contribution in [-0.4, -0.2) is 31.5 Å². The molecule has 1 aliphatic rings. The van der Waals surface area contributed by atoms with Crippen LogP contribution in [0.5, 0.6) is 5.75 Å². The van der Waals surface area contributed by atoms with Gasteiger partial charge in [0, 0.05) is 23.4 Å². The lowest BCUT2D eigenvalue weighted by atomic mass is 10.1. The van der Waals surface area contributed by atoms with E-state index in [2.05, 4.69) is 10.4 Å². The van der Waals surface area contributed by atoms with Crippen LogP contribution in [0.3, 0.4) is 0 Å². The van der Waals surface area contributed by atoms with Crippen LogP contribution in [0, 0.1) is 10.1 Å². The molecular formula is C21H16N4O4S2. The highest BCUT2D eigenvalue weighted by atomic mass is 32.2. The predicted molar refractivity (Wildman–Crippen MR) is 123 cm³/mol. The number of rotatable bonds is 6. The maximum absolute atomic E-state index is 12.2. The third-order valence-corrected chi connectivity index (χ3v) is 5.58. The van der Waals surface area contributed by atoms with Crippen molar-refractivity contribution >= 4 is 46.0 Å². The Morgan fingerprint density at radius 1 is 1.29 bits per heavy atom. The van der Waals surface area contributed by atoms with Gasteiger partial charge in [0.25, 0.3) is 5.91 Å². The van der Waals surface area contributed by atoms with Crippen LogP contribution in [0.15, 0.2) is 59.6 Å². The maximum atomic E-state index is 12.2. The predicted octanol–water partition coefficient (Wildman–Crippen LogP) is 4.34. The van der Waals surface area contributed by atoms with Gasteiger partial charge in [-0.05, 0) is 37.3 Å². The fraction of sp³-hybridized carbons (Fsp3) is 0.0952. The van der Waals surface area contributed by atoms with Gasteiger partial charge >= 0.3 is 5.69 Å². The van der Waals surface area contributed by atoms with Crippen LogP contribution in [0.4, 0.5) is 5.69 Å². The minimum Gasteiger partial charge on any atom is -0.487 e. The molecule has 1 saturated heterocycles. The lowest BCUT2D eigenvalue weighted by Crippen LogP contribution is -2.17. The molecule has 2 aromatic carbocycles. The number of nitrogens with zero attached hydrogens (tertiary/aromatic N) is 3. The second-order valence-electron chi connectivity index (χ2n) is 6.44. The van der Waals surface area contributed by atoms with Crippen molar-refractivity contribution in [3.05, 3.63) is 75.3 Å². The first-order valence-corrected chi connectivity index (χ1v) is 10.5. The highest BCUT2D eigenvalue weighted by Crippen LogP contribution is 2.35. The summed E-state index contributed by atoms with van der Waals surface area (Å²) in [5.41, 5.74) is 2.32. The number of benzene rings is 2. The molecule has 1 fully saturated rings. The molecule has 3 aromatic rings. The maximum Gasteiger partial charge on any atom is 0.311 e. The third kappa shape index (κ3) is 4.35. The number of nitro groups is 1. The first-order chi connectivity index (χ1) is 15.0. The number of ether oxygens (including phenoxy) is 1. The molecule has 8 nitrogen and oxygen atoms in total. The number of carbonyl (C=O) groups excluding carboxylic acids is 1. The van der Waals surface area contributed by atoms with Crippen molar-refractivity contribution in [3.8, 4) is 22.7 Å². The van der Waals surface area contributed by atoms with E-state index < -0.39 is 4.92 Å². The fourth-order valence-corrected chi connectivity index (χ4v) is 4.11. The van der Waals surface area contributed by atoms with Gasteiger partial charge in [-0.1, -0.05) is 42.2 Å². The summed E-state index contributed by atoms with van der Waals surface area (Å²) >= 11 is 6.22. The SMILES string of the molecule is CCOc1ccc(-c2nn(-c3ccccc3)cc2C=C2SC(=S)NC2=O)cc1[N+](=O)[O-]. The molecule has 0 saturated carbocycles. The average Bonchev–Trinajstić information content (AvgIpc) is 3.32. The van der Waals surface area contributed by atoms with Crippen LogP contribution in [0.2, 0.25) is 0 Å². The van der Waals surface area contributed by atoms with Gasteiger partial charge in [-0.15, -0.1) is 0 Å². The molecule has 2 heterocycles. The van der Waals surface area contributed by atoms with Crippen molar-refractivity contribution in [2.45, 2.75) is 6.92 Å². The number of amides is 1. The van der Waals surface area contributed by atoms with Crippen LogP contribution >= 0.6 is 24.0 Å². The molecule has 1 aliphatic heterocycles. The van der Waals surface area contributed by atoms with Crippen LogP contribution in [-0.2, 0) is 4.79 Å². The Labute approximate surface area is 187 Å². The number of aromatic nitrogens is 2. The Morgan fingerprint density at radius 3 is 2.71 bits per heavy atom. The normalized spacial score (nSPS) is 14.7. The number of carbonyl (C=O) groups is 1. The van der Waals surface area contributed by atoms with E-state index in [1.165, 1.54) is 6.07 Å². The summed E-state index contributed by atoms with van der Waals surface area (Å²) in [6.45, 7) is 2.07. The van der Waals surface area contributed by atoms with Crippen LogP contribution in [0.25, 0.3) is 23.0 Å². The molecular weight excluding hydrogens is 436 g/mol. The molecule has 10 heteroatoms. The van der Waals surface area contributed by atoms with Crippen molar-refractivity contribution in [3.63, 3.8) is 0 Å². The first-order valence-electron chi connectivity index (χ1n) is 9.28. The van der Waals surface area contributed by atoms with E-state index in [0.29, 0.717) is 32.7 Å². The van der Waals surface area contributed by atoms with E-state index in [9.17, 15) is 14.9 Å². The number of thiocarbonyl (C=S) groups is 1. The Bertz CT molecular complexity index is 1220. The summed E-state index contributed by atoms with van der Waals surface area (Å²) in [4.78, 5) is 23.7. The Balaban J connectivity index is 1.86. The molecule has 4 rings (SSSR count). The molecule has 0 radical (unpaired) electrons. The zero-order chi connectivity index (χ0) is 22.0. The largest absolute Gasteiger partial charge is 0.487 e. The molecule has 156 valence electrons. The van der Waals surface area contributed by atoms with E-state index in [4.69, 9.17) is 17.0 Å². The summed E-state index contributed by atoms with van der Waals surface area (Å²) in [6.07, 6.45) is 3.46. The van der Waals surface area contributed by atoms with Crippen molar-refractivity contribution in [2.75, 3.05) is 6.61 Å². The van der Waals surface area contributed by atoms with E-state index in [1.54, 1.807) is 36.0 Å². The lowest BCUT2D eigenvalue weighted by molar-refractivity contribution is -0.385. The molecule has 1 aromatic heterocycles. The fourth-order valence-electron chi connectivity index (χ4n) is 3.08. The molecule has 0 unspecified atom stereocenters. The van der Waals surface area contributed by atoms with E-state index in [1.807, 2.05) is 30.3 Å². The Morgan fingerprint density at radius 2 is 2.06 bits per heavy atom. The summed E-state index contributed by atoms with van der Waals surface area (Å²) in [5.74, 6) is -0.0965. The average molecular weight is 453 g/mol. The highest BCUT2D eigenvalue weighted by molar-refractivity contribution is 8.26. The number of hydrogen-bond acceptors (Lipinski definition) is 7. The van der Waals surface area contributed by atoms with Gasteiger partial charge in [0.15, 0.2) is 5.75 Å². The molecule has 0 atom stereocenters. The van der Waals surface area contributed by atoms with Gasteiger partial charge in [-0.25, -0.2) is 4.68 Å². The molecule has 1 N–H and O–H groups in total. The van der Waals surface area contributed by atoms with Gasteiger partial charge in [0.2, 0.25) is 0 Å². The third-order valence-electron chi connectivity index (χ3n) is 4.42. The van der Waals surface area contributed by atoms with E-state index in [-0.39, 0.29) is 17.3 Å². The second kappa shape index (κ2) is 8.70. The molecule has 1 amide bonds. The Hall–Kier alpha value is -3.50. The number of thioether (sulfide) groups is 1. The summed E-state index contributed by atoms with van der Waals surface area (Å²) in [6, 6.07) is 14.1. The van der Waals surface area contributed by atoms with Gasteiger partial charge in [-0.2, -0.15) is 5.10 Å². The summed E-state index contributed by atoms with van der Waals surface area (Å²) in [7, 11) is 0. The standard InChI is InChI=1S/C21H16N4O4S2/c1-2-29-17-9-8-13(10-16(17)25(27)28)19-14(11-18-20(26)22-21(30)31-18)12-24(23-19)15-6-4-3-5-7-15/h3-12H,2H2,1H3,(H,22,26,30). The molecule has 0 spiro atoms. The zero-order valence-corrected chi connectivity index (χ0v) is 17.9. The van der Waals surface area contributed by atoms with Crippen molar-refractivity contribution in [1.82, 2.24) is 15.1 Å². The van der Waals surface area contributed by atoms with E-state index in [0.717, 1.165) is 17.4 Å². The number of hydrogen-bond donors (Lipinski definition) is 1. The van der Waals surface area contributed by atoms with E-state index >= 15 is 0 Å². The lowest BCUT2D eigenvalue weighted by Gasteiger charge is -2.06. The smallest absolute Gasteiger partial charge is 0.311 e. The van der Waals surface area contributed by atoms with Crippen molar-refractivity contribution < 1.29 is 14.5 Å². The number of para-hydroxylation sites is 1. The summed E-state index contributed by atoms with van der Waals surface area (Å²) in [5, 5.41) is 18.8. The first kappa shape index (κ1) is 20.8. The van der Waals surface area contributed by atoms with Gasteiger partial charge < -0.3 is 10.1 Å². The minimum absolute atomic E-state index is 0.152. The highest BCUT2D eigenvalue weighted by Gasteiger charge is 2.24. The number of nitro benzene ring substituents is 1. The molecule has 0 aliphatic carbocycles. The molecule has 31 heavy (non-hydrogen) atoms. The molecule has 0 bridgehead atoms. The number of nitrogens with one attached hydrogen (secondary N) is 1. The topological polar surface area (TPSA) is 99.3 Å². The monoisotopic (exact) mass is 452 g/mol.